The third kappa shape index (κ3) is 3.83. The number of nitrogens with zero attached hydrogens (tertiary/aromatic N) is 1. The second-order valence-corrected chi connectivity index (χ2v) is 4.00. The Bertz CT molecular complexity index is 428. The number of hydrogen-bond donors (Lipinski definition) is 3. The SMILES string of the molecule is CCOC(=O)CC(O)C(O)c1ccc(N)c(Cl)n1. The lowest BCUT2D eigenvalue weighted by Crippen LogP contribution is -2.24. The van der Waals surface area contributed by atoms with E-state index in [9.17, 15) is 15.0 Å². The van der Waals surface area contributed by atoms with Gasteiger partial charge in [-0.25, -0.2) is 4.98 Å². The summed E-state index contributed by atoms with van der Waals surface area (Å²) in [6, 6.07) is 2.89. The molecule has 2 unspecified atom stereocenters. The Hall–Kier alpha value is -1.37. The molecule has 0 spiro atoms. The quantitative estimate of drug-likeness (QED) is 0.538. The first-order chi connectivity index (χ1) is 8.45. The van der Waals surface area contributed by atoms with Crippen molar-refractivity contribution in [2.45, 2.75) is 25.6 Å². The number of aliphatic hydroxyl groups is 2. The highest BCUT2D eigenvalue weighted by Crippen LogP contribution is 2.22. The van der Waals surface area contributed by atoms with Crippen LogP contribution in [0.25, 0.3) is 0 Å². The van der Waals surface area contributed by atoms with Gasteiger partial charge in [-0.05, 0) is 19.1 Å². The second-order valence-electron chi connectivity index (χ2n) is 3.64. The Balaban J connectivity index is 2.70. The molecule has 2 atom stereocenters. The van der Waals surface area contributed by atoms with E-state index < -0.39 is 18.2 Å². The number of nitrogens with two attached hydrogens (primary N) is 1. The van der Waals surface area contributed by atoms with Crippen LogP contribution in [-0.4, -0.2) is 33.9 Å². The number of nitrogen functional groups attached to an aromatic ring is 1. The first kappa shape index (κ1) is 14.7. The molecule has 1 rings (SSSR count). The van der Waals surface area contributed by atoms with E-state index in [1.807, 2.05) is 0 Å². The molecule has 0 amide bonds. The van der Waals surface area contributed by atoms with E-state index in [0.29, 0.717) is 0 Å². The average molecular weight is 275 g/mol. The summed E-state index contributed by atoms with van der Waals surface area (Å²) in [5.74, 6) is -0.592. The Morgan fingerprint density at radius 1 is 1.56 bits per heavy atom. The summed E-state index contributed by atoms with van der Waals surface area (Å²) in [4.78, 5) is 15.0. The summed E-state index contributed by atoms with van der Waals surface area (Å²) in [5.41, 5.74) is 5.89. The van der Waals surface area contributed by atoms with Crippen molar-refractivity contribution < 1.29 is 19.7 Å². The van der Waals surface area contributed by atoms with Crippen molar-refractivity contribution in [3.63, 3.8) is 0 Å². The summed E-state index contributed by atoms with van der Waals surface area (Å²) in [6.07, 6.45) is -2.96. The highest BCUT2D eigenvalue weighted by Gasteiger charge is 2.23. The normalized spacial score (nSPS) is 14.0. The molecule has 1 aromatic rings. The molecule has 0 radical (unpaired) electrons. The Morgan fingerprint density at radius 2 is 2.22 bits per heavy atom. The van der Waals surface area contributed by atoms with Crippen molar-refractivity contribution >= 4 is 23.3 Å². The number of ether oxygens (including phenoxy) is 1. The van der Waals surface area contributed by atoms with Gasteiger partial charge in [0.15, 0.2) is 5.15 Å². The van der Waals surface area contributed by atoms with Gasteiger partial charge in [0.2, 0.25) is 0 Å². The van der Waals surface area contributed by atoms with E-state index in [-0.39, 0.29) is 29.6 Å². The summed E-state index contributed by atoms with van der Waals surface area (Å²) >= 11 is 5.70. The third-order valence-corrected chi connectivity index (χ3v) is 2.55. The molecule has 0 bridgehead atoms. The van der Waals surface area contributed by atoms with Crippen molar-refractivity contribution in [1.29, 1.82) is 0 Å². The molecule has 1 aromatic heterocycles. The van der Waals surface area contributed by atoms with E-state index in [4.69, 9.17) is 17.3 Å². The zero-order chi connectivity index (χ0) is 13.7. The fourth-order valence-electron chi connectivity index (χ4n) is 1.32. The number of esters is 1. The molecule has 0 aromatic carbocycles. The minimum absolute atomic E-state index is 0.0369. The van der Waals surface area contributed by atoms with Gasteiger partial charge in [0.05, 0.1) is 30.5 Å². The van der Waals surface area contributed by atoms with Crippen LogP contribution in [0.15, 0.2) is 12.1 Å². The second kappa shape index (κ2) is 6.53. The first-order valence-electron chi connectivity index (χ1n) is 5.39. The number of carbonyl (C=O) groups is 1. The van der Waals surface area contributed by atoms with Gasteiger partial charge in [0.1, 0.15) is 6.10 Å². The summed E-state index contributed by atoms with van der Waals surface area (Å²) in [5, 5.41) is 19.5. The molecule has 0 aliphatic rings. The van der Waals surface area contributed by atoms with Gasteiger partial charge in [-0.1, -0.05) is 11.6 Å². The lowest BCUT2D eigenvalue weighted by atomic mass is 10.1. The molecule has 0 aliphatic heterocycles. The molecule has 6 nitrogen and oxygen atoms in total. The Labute approximate surface area is 109 Å². The smallest absolute Gasteiger partial charge is 0.308 e. The molecule has 0 fully saturated rings. The minimum Gasteiger partial charge on any atom is -0.466 e. The fourth-order valence-corrected chi connectivity index (χ4v) is 1.48. The third-order valence-electron chi connectivity index (χ3n) is 2.25. The van der Waals surface area contributed by atoms with Gasteiger partial charge >= 0.3 is 5.97 Å². The maximum absolute atomic E-state index is 11.2. The molecule has 0 saturated carbocycles. The predicted octanol–water partition coefficient (Wildman–Crippen LogP) is 0.665. The minimum atomic E-state index is -1.33. The van der Waals surface area contributed by atoms with Gasteiger partial charge in [0, 0.05) is 0 Å². The number of carbonyl (C=O) groups excluding carboxylic acids is 1. The van der Waals surface area contributed by atoms with Crippen LogP contribution in [0.1, 0.15) is 25.1 Å². The van der Waals surface area contributed by atoms with Crippen LogP contribution in [0.4, 0.5) is 5.69 Å². The van der Waals surface area contributed by atoms with Crippen LogP contribution < -0.4 is 5.73 Å². The van der Waals surface area contributed by atoms with Gasteiger partial charge in [0.25, 0.3) is 0 Å². The Morgan fingerprint density at radius 3 is 2.78 bits per heavy atom. The monoisotopic (exact) mass is 274 g/mol. The lowest BCUT2D eigenvalue weighted by molar-refractivity contribution is -0.147. The molecule has 100 valence electrons. The van der Waals surface area contributed by atoms with Crippen LogP contribution in [-0.2, 0) is 9.53 Å². The van der Waals surface area contributed by atoms with Gasteiger partial charge in [-0.3, -0.25) is 4.79 Å². The van der Waals surface area contributed by atoms with Crippen molar-refractivity contribution in [2.75, 3.05) is 12.3 Å². The molecule has 0 saturated heterocycles. The van der Waals surface area contributed by atoms with Crippen molar-refractivity contribution in [1.82, 2.24) is 4.98 Å². The van der Waals surface area contributed by atoms with Crippen LogP contribution in [0, 0.1) is 0 Å². The molecular formula is C11H15ClN2O4. The molecule has 18 heavy (non-hydrogen) atoms. The maximum atomic E-state index is 11.2. The number of anilines is 1. The predicted molar refractivity (Wildman–Crippen MR) is 65.9 cm³/mol. The number of aromatic nitrogens is 1. The van der Waals surface area contributed by atoms with E-state index >= 15 is 0 Å². The van der Waals surface area contributed by atoms with Gasteiger partial charge in [-0.15, -0.1) is 0 Å². The van der Waals surface area contributed by atoms with E-state index in [0.717, 1.165) is 0 Å². The van der Waals surface area contributed by atoms with Crippen LogP contribution in [0.3, 0.4) is 0 Å². The lowest BCUT2D eigenvalue weighted by Gasteiger charge is -2.16. The van der Waals surface area contributed by atoms with Crippen LogP contribution >= 0.6 is 11.6 Å². The van der Waals surface area contributed by atoms with Crippen molar-refractivity contribution in [2.24, 2.45) is 0 Å². The molecule has 7 heteroatoms. The van der Waals surface area contributed by atoms with Gasteiger partial charge in [-0.2, -0.15) is 0 Å². The van der Waals surface area contributed by atoms with Crippen molar-refractivity contribution in [3.05, 3.63) is 23.0 Å². The fraction of sp³-hybridized carbons (Fsp3) is 0.455. The van der Waals surface area contributed by atoms with E-state index in [1.54, 1.807) is 6.92 Å². The molecular weight excluding hydrogens is 260 g/mol. The molecule has 1 heterocycles. The Kier molecular flexibility index (Phi) is 5.33. The zero-order valence-electron chi connectivity index (χ0n) is 9.84. The van der Waals surface area contributed by atoms with Crippen LogP contribution in [0.2, 0.25) is 5.15 Å². The molecule has 0 aliphatic carbocycles. The molecule has 4 N–H and O–H groups in total. The highest BCUT2D eigenvalue weighted by atomic mass is 35.5. The summed E-state index contributed by atoms with van der Waals surface area (Å²) in [6.45, 7) is 1.87. The van der Waals surface area contributed by atoms with Gasteiger partial charge < -0.3 is 20.7 Å². The van der Waals surface area contributed by atoms with E-state index in [1.165, 1.54) is 12.1 Å². The van der Waals surface area contributed by atoms with Crippen molar-refractivity contribution in [3.8, 4) is 0 Å². The maximum Gasteiger partial charge on any atom is 0.308 e. The number of aliphatic hydroxyl groups excluding tert-OH is 2. The standard InChI is InChI=1S/C11H15ClN2O4/c1-2-18-9(16)5-8(15)10(17)7-4-3-6(13)11(12)14-7/h3-4,8,10,15,17H,2,5,13H2,1H3. The summed E-state index contributed by atoms with van der Waals surface area (Å²) < 4.78 is 4.66. The largest absolute Gasteiger partial charge is 0.466 e. The average Bonchev–Trinajstić information content (AvgIpc) is 2.32. The van der Waals surface area contributed by atoms with E-state index in [2.05, 4.69) is 9.72 Å². The number of hydrogen-bond acceptors (Lipinski definition) is 6. The number of halogens is 1. The number of rotatable bonds is 5. The number of pyridine rings is 1. The first-order valence-corrected chi connectivity index (χ1v) is 5.77. The topological polar surface area (TPSA) is 106 Å². The zero-order valence-corrected chi connectivity index (χ0v) is 10.6. The highest BCUT2D eigenvalue weighted by molar-refractivity contribution is 6.31. The van der Waals surface area contributed by atoms with Crippen LogP contribution in [0.5, 0.6) is 0 Å². The summed E-state index contributed by atoms with van der Waals surface area (Å²) in [7, 11) is 0.